The minimum Gasteiger partial charge on any atom is -0.491 e. The van der Waals surface area contributed by atoms with E-state index in [1.807, 2.05) is 37.2 Å². The van der Waals surface area contributed by atoms with Gasteiger partial charge in [0.05, 0.1) is 17.3 Å². The molecule has 0 bridgehead atoms. The summed E-state index contributed by atoms with van der Waals surface area (Å²) in [7, 11) is -0.515. The zero-order valence-corrected chi connectivity index (χ0v) is 19.1. The van der Waals surface area contributed by atoms with Crippen LogP contribution in [0.2, 0.25) is 0 Å². The molecule has 1 aliphatic heterocycles. The zero-order chi connectivity index (χ0) is 23.2. The average molecular weight is 469 g/mol. The van der Waals surface area contributed by atoms with Crippen LogP contribution in [0.1, 0.15) is 12.8 Å². The Morgan fingerprint density at radius 3 is 2.85 bits per heavy atom. The highest BCUT2D eigenvalue weighted by atomic mass is 32.2. The van der Waals surface area contributed by atoms with Gasteiger partial charge < -0.3 is 19.5 Å². The number of fused-ring (bicyclic) bond motifs is 2. The molecule has 1 unspecified atom stereocenters. The van der Waals surface area contributed by atoms with Crippen molar-refractivity contribution in [3.05, 3.63) is 43.0 Å². The van der Waals surface area contributed by atoms with Crippen molar-refractivity contribution in [1.29, 1.82) is 0 Å². The smallest absolute Gasteiger partial charge is 0.294 e. The highest BCUT2D eigenvalue weighted by molar-refractivity contribution is 7.85. The summed E-state index contributed by atoms with van der Waals surface area (Å²) in [4.78, 5) is 19.9. The summed E-state index contributed by atoms with van der Waals surface area (Å²) in [6.45, 7) is 1.14. The number of anilines is 2. The Bertz CT molecular complexity index is 1440. The van der Waals surface area contributed by atoms with Gasteiger partial charge >= 0.3 is 0 Å². The summed E-state index contributed by atoms with van der Waals surface area (Å²) < 4.78 is 39.6. The van der Waals surface area contributed by atoms with E-state index in [4.69, 9.17) is 4.74 Å². The van der Waals surface area contributed by atoms with E-state index in [1.165, 1.54) is 18.5 Å². The maximum Gasteiger partial charge on any atom is 0.294 e. The lowest BCUT2D eigenvalue weighted by Gasteiger charge is -2.26. The molecule has 2 aromatic heterocycles. The van der Waals surface area contributed by atoms with Crippen molar-refractivity contribution < 1.29 is 17.7 Å². The van der Waals surface area contributed by atoms with Crippen molar-refractivity contribution in [2.75, 3.05) is 37.0 Å². The molecule has 0 spiro atoms. The van der Waals surface area contributed by atoms with Crippen molar-refractivity contribution >= 4 is 43.6 Å². The van der Waals surface area contributed by atoms with Gasteiger partial charge in [-0.1, -0.05) is 6.07 Å². The largest absolute Gasteiger partial charge is 0.491 e. The van der Waals surface area contributed by atoms with Crippen LogP contribution in [0.3, 0.4) is 0 Å². The predicted octanol–water partition coefficient (Wildman–Crippen LogP) is 2.87. The van der Waals surface area contributed by atoms with Crippen molar-refractivity contribution in [1.82, 2.24) is 19.9 Å². The Balaban J connectivity index is 1.49. The number of H-pyrrole nitrogens is 1. The quantitative estimate of drug-likeness (QED) is 0.411. The normalized spacial score (nSPS) is 16.6. The molecule has 1 fully saturated rings. The van der Waals surface area contributed by atoms with E-state index < -0.39 is 10.1 Å². The van der Waals surface area contributed by atoms with Crippen LogP contribution in [0, 0.1) is 0 Å². The molecule has 33 heavy (non-hydrogen) atoms. The molecule has 2 N–H and O–H groups in total. The van der Waals surface area contributed by atoms with Crippen molar-refractivity contribution in [2.24, 2.45) is 0 Å². The Morgan fingerprint density at radius 2 is 2.06 bits per heavy atom. The maximum absolute atomic E-state index is 11.9. The molecule has 1 saturated heterocycles. The fraction of sp³-hybridized carbons (Fsp3) is 0.318. The molecule has 2 aromatic carbocycles. The first-order valence-corrected chi connectivity index (χ1v) is 12.0. The van der Waals surface area contributed by atoms with E-state index in [0.29, 0.717) is 23.4 Å². The van der Waals surface area contributed by atoms with Crippen molar-refractivity contribution in [3.8, 4) is 5.75 Å². The zero-order valence-electron chi connectivity index (χ0n) is 18.3. The van der Waals surface area contributed by atoms with E-state index in [0.717, 1.165) is 41.8 Å². The fourth-order valence-electron chi connectivity index (χ4n) is 4.28. The SMILES string of the molecule is CN(C)c1ccc2cc(S(=O)(=O)O)cc(OCC3CCCN3c3ncnc4nc[nH]c34)c2c1. The number of rotatable bonds is 6. The van der Waals surface area contributed by atoms with Crippen molar-refractivity contribution in [3.63, 3.8) is 0 Å². The number of hydrogen-bond donors (Lipinski definition) is 2. The van der Waals surface area contributed by atoms with Gasteiger partial charge in [0.25, 0.3) is 10.1 Å². The van der Waals surface area contributed by atoms with Crippen LogP contribution in [0.25, 0.3) is 21.9 Å². The Kier molecular flexibility index (Phi) is 5.29. The van der Waals surface area contributed by atoms with E-state index in [-0.39, 0.29) is 10.9 Å². The minimum atomic E-state index is -4.38. The van der Waals surface area contributed by atoms with Gasteiger partial charge in [-0.15, -0.1) is 0 Å². The first kappa shape index (κ1) is 21.4. The molecule has 4 aromatic rings. The summed E-state index contributed by atoms with van der Waals surface area (Å²) in [5.41, 5.74) is 2.34. The summed E-state index contributed by atoms with van der Waals surface area (Å²) >= 11 is 0. The van der Waals surface area contributed by atoms with E-state index in [2.05, 4.69) is 24.8 Å². The summed E-state index contributed by atoms with van der Waals surface area (Å²) in [6, 6.07) is 8.53. The van der Waals surface area contributed by atoms with Gasteiger partial charge in [-0.3, -0.25) is 4.55 Å². The molecule has 0 saturated carbocycles. The molecule has 1 aliphatic rings. The number of hydrogen-bond acceptors (Lipinski definition) is 8. The maximum atomic E-state index is 11.9. The molecule has 172 valence electrons. The van der Waals surface area contributed by atoms with Crippen LogP contribution in [0.15, 0.2) is 47.9 Å². The lowest BCUT2D eigenvalue weighted by atomic mass is 10.1. The van der Waals surface area contributed by atoms with Gasteiger partial charge in [-0.2, -0.15) is 8.42 Å². The number of benzene rings is 2. The number of nitrogens with zero attached hydrogens (tertiary/aromatic N) is 5. The topological polar surface area (TPSA) is 125 Å². The molecule has 10 nitrogen and oxygen atoms in total. The fourth-order valence-corrected chi connectivity index (χ4v) is 4.81. The van der Waals surface area contributed by atoms with Crippen LogP contribution < -0.4 is 14.5 Å². The molecule has 11 heteroatoms. The minimum absolute atomic E-state index is 0.0351. The molecule has 0 aliphatic carbocycles. The number of nitrogens with one attached hydrogen (secondary N) is 1. The molecule has 0 radical (unpaired) electrons. The van der Waals surface area contributed by atoms with Gasteiger partial charge in [0.15, 0.2) is 11.5 Å². The van der Waals surface area contributed by atoms with Crippen LogP contribution in [-0.4, -0.2) is 66.2 Å². The summed E-state index contributed by atoms with van der Waals surface area (Å²) in [5.74, 6) is 1.18. The lowest BCUT2D eigenvalue weighted by molar-refractivity contribution is 0.291. The molecule has 0 amide bonds. The number of aromatic nitrogens is 4. The van der Waals surface area contributed by atoms with Gasteiger partial charge in [0, 0.05) is 37.8 Å². The second-order valence-electron chi connectivity index (χ2n) is 8.30. The third-order valence-electron chi connectivity index (χ3n) is 5.97. The summed E-state index contributed by atoms with van der Waals surface area (Å²) in [6.07, 6.45) is 4.98. The lowest BCUT2D eigenvalue weighted by Crippen LogP contribution is -2.35. The van der Waals surface area contributed by atoms with E-state index in [9.17, 15) is 13.0 Å². The number of ether oxygens (including phenoxy) is 1. The molecular formula is C22H24N6O4S. The standard InChI is InChI=1S/C22H24N6O4S/c1-27(2)15-6-5-14-8-17(33(29,30)31)10-19(18(14)9-15)32-11-16-4-3-7-28(16)22-20-21(24-12-23-20)25-13-26-22/h5-6,8-10,12-13,16H,3-4,7,11H2,1-2H3,(H,29,30,31)(H,23,24,25,26). The Labute approximate surface area is 191 Å². The van der Waals surface area contributed by atoms with Gasteiger partial charge in [-0.25, -0.2) is 15.0 Å². The van der Waals surface area contributed by atoms with Crippen LogP contribution in [0.5, 0.6) is 5.75 Å². The third-order valence-corrected chi connectivity index (χ3v) is 6.80. The molecular weight excluding hydrogens is 444 g/mol. The van der Waals surface area contributed by atoms with Crippen LogP contribution >= 0.6 is 0 Å². The number of aromatic amines is 1. The summed E-state index contributed by atoms with van der Waals surface area (Å²) in [5, 5.41) is 1.44. The van der Waals surface area contributed by atoms with Gasteiger partial charge in [0.1, 0.15) is 24.2 Å². The third kappa shape index (κ3) is 4.05. The second-order valence-corrected chi connectivity index (χ2v) is 9.72. The van der Waals surface area contributed by atoms with E-state index in [1.54, 1.807) is 6.33 Å². The highest BCUT2D eigenvalue weighted by Gasteiger charge is 2.29. The van der Waals surface area contributed by atoms with Gasteiger partial charge in [0.2, 0.25) is 0 Å². The average Bonchev–Trinajstić information content (AvgIpc) is 3.45. The number of imidazole rings is 1. The Hall–Kier alpha value is -3.44. The molecule has 5 rings (SSSR count). The molecule has 1 atom stereocenters. The monoisotopic (exact) mass is 468 g/mol. The van der Waals surface area contributed by atoms with Crippen LogP contribution in [0.4, 0.5) is 11.5 Å². The first-order chi connectivity index (χ1) is 15.8. The molecule has 3 heterocycles. The predicted molar refractivity (Wildman–Crippen MR) is 126 cm³/mol. The highest BCUT2D eigenvalue weighted by Crippen LogP contribution is 2.34. The van der Waals surface area contributed by atoms with Gasteiger partial charge in [-0.05, 0) is 36.4 Å². The van der Waals surface area contributed by atoms with E-state index >= 15 is 0 Å². The van der Waals surface area contributed by atoms with Crippen molar-refractivity contribution in [2.45, 2.75) is 23.8 Å². The first-order valence-electron chi connectivity index (χ1n) is 10.6. The van der Waals surface area contributed by atoms with Crippen LogP contribution in [-0.2, 0) is 10.1 Å². The Morgan fingerprint density at radius 1 is 1.21 bits per heavy atom. The second kappa shape index (κ2) is 8.16.